The lowest BCUT2D eigenvalue weighted by molar-refractivity contribution is -0.0147. The maximum atomic E-state index is 6.17. The smallest absolute Gasteiger partial charge is 0.151 e. The zero-order chi connectivity index (χ0) is 17.5. The molecule has 0 saturated carbocycles. The van der Waals surface area contributed by atoms with E-state index in [9.17, 15) is 0 Å². The van der Waals surface area contributed by atoms with E-state index in [1.165, 1.54) is 0 Å². The summed E-state index contributed by atoms with van der Waals surface area (Å²) < 4.78 is 12.3. The van der Waals surface area contributed by atoms with Crippen LogP contribution in [0.15, 0.2) is 24.3 Å². The van der Waals surface area contributed by atoms with E-state index >= 15 is 0 Å². The molecule has 4 nitrogen and oxygen atoms in total. The molecule has 2 unspecified atom stereocenters. The Bertz CT molecular complexity index is 465. The maximum absolute atomic E-state index is 6.17. The second kappa shape index (κ2) is 8.81. The fourth-order valence-electron chi connectivity index (χ4n) is 2.32. The molecule has 0 aliphatic heterocycles. The number of hydrogen-bond donors (Lipinski definition) is 2. The zero-order valence-electron chi connectivity index (χ0n) is 15.3. The van der Waals surface area contributed by atoms with Crippen LogP contribution in [-0.2, 0) is 4.74 Å². The van der Waals surface area contributed by atoms with E-state index in [-0.39, 0.29) is 11.0 Å². The van der Waals surface area contributed by atoms with Crippen molar-refractivity contribution in [2.75, 3.05) is 18.4 Å². The van der Waals surface area contributed by atoms with Gasteiger partial charge in [0.25, 0.3) is 0 Å². The fraction of sp³-hybridized carbons (Fsp3) is 0.667. The van der Waals surface area contributed by atoms with Gasteiger partial charge in [0, 0.05) is 18.8 Å². The van der Waals surface area contributed by atoms with Crippen molar-refractivity contribution in [1.82, 2.24) is 0 Å². The molecule has 0 heterocycles. The van der Waals surface area contributed by atoms with E-state index in [4.69, 9.17) is 15.2 Å². The lowest BCUT2D eigenvalue weighted by Gasteiger charge is -2.38. The van der Waals surface area contributed by atoms with Crippen LogP contribution in [0.1, 0.15) is 48.0 Å². The maximum Gasteiger partial charge on any atom is 0.151 e. The predicted octanol–water partition coefficient (Wildman–Crippen LogP) is 4.46. The molecule has 2 atom stereocenters. The first-order valence-electron chi connectivity index (χ1n) is 8.34. The fourth-order valence-corrected chi connectivity index (χ4v) is 3.86. The molecule has 0 saturated heterocycles. The molecule has 0 amide bonds. The van der Waals surface area contributed by atoms with Crippen LogP contribution in [0.2, 0.25) is 0 Å². The molecule has 3 N–H and O–H groups in total. The number of rotatable bonds is 10. The highest BCUT2D eigenvalue weighted by atomic mass is 32.2. The zero-order valence-corrected chi connectivity index (χ0v) is 16.1. The average Bonchev–Trinajstić information content (AvgIpc) is 2.48. The number of nitrogens with one attached hydrogen (secondary N) is 1. The van der Waals surface area contributed by atoms with Gasteiger partial charge in [0.15, 0.2) is 4.93 Å². The standard InChI is InChI=1S/C18H32N2O2S/c1-7-18(6,21-14(3)13-19)23-17(4,5)22-16-11-9-15(10-12-16)20-8-2/h9-12,14,20H,7-8,13,19H2,1-6H3. The number of hydrogen-bond acceptors (Lipinski definition) is 5. The highest BCUT2D eigenvalue weighted by molar-refractivity contribution is 8.01. The topological polar surface area (TPSA) is 56.5 Å². The molecule has 1 aromatic carbocycles. The summed E-state index contributed by atoms with van der Waals surface area (Å²) in [5.41, 5.74) is 6.79. The van der Waals surface area contributed by atoms with Crippen molar-refractivity contribution in [3.8, 4) is 5.75 Å². The summed E-state index contributed by atoms with van der Waals surface area (Å²) >= 11 is 1.69. The second-order valence-electron chi connectivity index (χ2n) is 6.31. The summed E-state index contributed by atoms with van der Waals surface area (Å²) in [5.74, 6) is 0.856. The Morgan fingerprint density at radius 2 is 1.78 bits per heavy atom. The van der Waals surface area contributed by atoms with Crippen molar-refractivity contribution in [3.63, 3.8) is 0 Å². The Morgan fingerprint density at radius 1 is 1.17 bits per heavy atom. The average molecular weight is 341 g/mol. The van der Waals surface area contributed by atoms with Crippen molar-refractivity contribution in [2.24, 2.45) is 5.73 Å². The first kappa shape index (κ1) is 20.1. The van der Waals surface area contributed by atoms with Gasteiger partial charge in [-0.3, -0.25) is 0 Å². The minimum absolute atomic E-state index is 0.0302. The van der Waals surface area contributed by atoms with Crippen LogP contribution in [0.25, 0.3) is 0 Å². The predicted molar refractivity (Wildman–Crippen MR) is 101 cm³/mol. The first-order chi connectivity index (χ1) is 10.7. The van der Waals surface area contributed by atoms with Crippen molar-refractivity contribution in [1.29, 1.82) is 0 Å². The Kier molecular flexibility index (Phi) is 7.71. The second-order valence-corrected chi connectivity index (χ2v) is 8.36. The van der Waals surface area contributed by atoms with Gasteiger partial charge in [-0.2, -0.15) is 0 Å². The van der Waals surface area contributed by atoms with Gasteiger partial charge >= 0.3 is 0 Å². The number of thioether (sulfide) groups is 1. The summed E-state index contributed by atoms with van der Waals surface area (Å²) in [4.78, 5) is -0.731. The Morgan fingerprint density at radius 3 is 2.26 bits per heavy atom. The molecule has 5 heteroatoms. The molecule has 0 aliphatic carbocycles. The SMILES string of the molecule is CCNc1ccc(OC(C)(C)SC(C)(CC)OC(C)CN)cc1. The molecule has 1 rings (SSSR count). The summed E-state index contributed by atoms with van der Waals surface area (Å²) in [6, 6.07) is 8.05. The minimum atomic E-state index is -0.404. The van der Waals surface area contributed by atoms with Gasteiger partial charge < -0.3 is 20.5 Å². The van der Waals surface area contributed by atoms with Gasteiger partial charge in [0.1, 0.15) is 10.7 Å². The Balaban J connectivity index is 2.73. The van der Waals surface area contributed by atoms with Crippen LogP contribution < -0.4 is 15.8 Å². The first-order valence-corrected chi connectivity index (χ1v) is 9.16. The van der Waals surface area contributed by atoms with Gasteiger partial charge in [-0.15, -0.1) is 0 Å². The Hall–Kier alpha value is -0.910. The van der Waals surface area contributed by atoms with Crippen molar-refractivity contribution in [2.45, 2.75) is 63.9 Å². The highest BCUT2D eigenvalue weighted by Gasteiger charge is 2.35. The third kappa shape index (κ3) is 7.02. The molecule has 0 aromatic heterocycles. The van der Waals surface area contributed by atoms with Crippen LogP contribution in [0.3, 0.4) is 0 Å². The molecule has 0 aliphatic rings. The van der Waals surface area contributed by atoms with Crippen LogP contribution in [0.5, 0.6) is 5.75 Å². The van der Waals surface area contributed by atoms with Crippen LogP contribution in [-0.4, -0.2) is 29.1 Å². The molecule has 0 bridgehead atoms. The van der Waals surface area contributed by atoms with Gasteiger partial charge in [-0.25, -0.2) is 0 Å². The lowest BCUT2D eigenvalue weighted by Crippen LogP contribution is -2.38. The van der Waals surface area contributed by atoms with Gasteiger partial charge in [0.05, 0.1) is 6.10 Å². The number of nitrogens with two attached hydrogens (primary N) is 1. The van der Waals surface area contributed by atoms with Crippen LogP contribution in [0, 0.1) is 0 Å². The summed E-state index contributed by atoms with van der Waals surface area (Å²) in [6.07, 6.45) is 0.913. The molecule has 0 fully saturated rings. The molecular formula is C18H32N2O2S. The van der Waals surface area contributed by atoms with Gasteiger partial charge in [-0.1, -0.05) is 18.7 Å². The Labute approximate surface area is 145 Å². The third-order valence-corrected chi connectivity index (χ3v) is 4.88. The summed E-state index contributed by atoms with van der Waals surface area (Å²) in [7, 11) is 0. The van der Waals surface area contributed by atoms with Gasteiger partial charge in [0.2, 0.25) is 0 Å². The highest BCUT2D eigenvalue weighted by Crippen LogP contribution is 2.41. The number of anilines is 1. The van der Waals surface area contributed by atoms with Crippen molar-refractivity contribution in [3.05, 3.63) is 24.3 Å². The lowest BCUT2D eigenvalue weighted by atomic mass is 10.3. The molecular weight excluding hydrogens is 308 g/mol. The van der Waals surface area contributed by atoms with Crippen molar-refractivity contribution < 1.29 is 9.47 Å². The van der Waals surface area contributed by atoms with E-state index in [0.717, 1.165) is 24.4 Å². The molecule has 1 aromatic rings. The third-order valence-electron chi connectivity index (χ3n) is 3.49. The van der Waals surface area contributed by atoms with E-state index in [1.54, 1.807) is 11.8 Å². The van der Waals surface area contributed by atoms with E-state index in [2.05, 4.69) is 39.9 Å². The minimum Gasteiger partial charge on any atom is -0.477 e. The van der Waals surface area contributed by atoms with Gasteiger partial charge in [-0.05, 0) is 65.3 Å². The number of benzene rings is 1. The quantitative estimate of drug-likeness (QED) is 0.616. The monoisotopic (exact) mass is 340 g/mol. The molecule has 0 spiro atoms. The summed E-state index contributed by atoms with van der Waals surface area (Å²) in [6.45, 7) is 13.9. The largest absolute Gasteiger partial charge is 0.477 e. The van der Waals surface area contributed by atoms with E-state index in [1.807, 2.05) is 31.2 Å². The van der Waals surface area contributed by atoms with Crippen LogP contribution in [0.4, 0.5) is 5.69 Å². The molecule has 132 valence electrons. The molecule has 23 heavy (non-hydrogen) atoms. The van der Waals surface area contributed by atoms with Crippen molar-refractivity contribution >= 4 is 17.4 Å². The molecule has 0 radical (unpaired) electrons. The van der Waals surface area contributed by atoms with E-state index in [0.29, 0.717) is 6.54 Å². The summed E-state index contributed by atoms with van der Waals surface area (Å²) in [5, 5.41) is 3.28. The number of ether oxygens (including phenoxy) is 2. The van der Waals surface area contributed by atoms with E-state index < -0.39 is 4.93 Å². The normalized spacial score (nSPS) is 15.8. The van der Waals surface area contributed by atoms with Crippen LogP contribution >= 0.6 is 11.8 Å².